The van der Waals surface area contributed by atoms with Crippen molar-refractivity contribution in [1.82, 2.24) is 14.5 Å². The van der Waals surface area contributed by atoms with E-state index in [9.17, 15) is 8.42 Å². The van der Waals surface area contributed by atoms with Crippen molar-refractivity contribution in [3.05, 3.63) is 35.9 Å². The lowest BCUT2D eigenvalue weighted by Gasteiger charge is -2.22. The Morgan fingerprint density at radius 3 is 2.70 bits per heavy atom. The van der Waals surface area contributed by atoms with Crippen LogP contribution in [0.4, 0.5) is 0 Å². The molecule has 1 fully saturated rings. The van der Waals surface area contributed by atoms with Crippen molar-refractivity contribution in [3.8, 4) is 0 Å². The van der Waals surface area contributed by atoms with E-state index in [0.717, 1.165) is 25.5 Å². The summed E-state index contributed by atoms with van der Waals surface area (Å²) in [6.45, 7) is 5.11. The van der Waals surface area contributed by atoms with Gasteiger partial charge in [-0.25, -0.2) is 12.7 Å². The smallest absolute Gasteiger partial charge is 0.214 e. The summed E-state index contributed by atoms with van der Waals surface area (Å²) in [6, 6.07) is 10.2. The second kappa shape index (κ2) is 8.31. The lowest BCUT2D eigenvalue weighted by atomic mass is 10.2. The summed E-state index contributed by atoms with van der Waals surface area (Å²) >= 11 is 0. The molecule has 1 saturated heterocycles. The highest BCUT2D eigenvalue weighted by molar-refractivity contribution is 7.89. The number of hydrogen-bond donors (Lipinski definition) is 1. The molecule has 0 bridgehead atoms. The summed E-state index contributed by atoms with van der Waals surface area (Å²) in [7, 11) is -1.05. The number of rotatable bonds is 6. The molecule has 0 saturated carbocycles. The largest absolute Gasteiger partial charge is 0.357 e. The van der Waals surface area contributed by atoms with Crippen LogP contribution in [0.2, 0.25) is 0 Å². The van der Waals surface area contributed by atoms with Gasteiger partial charge in [0.2, 0.25) is 10.0 Å². The molecule has 1 N–H and O–H groups in total. The summed E-state index contributed by atoms with van der Waals surface area (Å²) in [6.07, 6.45) is 0.722. The second-order valence-electron chi connectivity index (χ2n) is 5.65. The normalized spacial score (nSPS) is 18.1. The summed E-state index contributed by atoms with van der Waals surface area (Å²) < 4.78 is 25.1. The number of hydrogen-bond acceptors (Lipinski definition) is 3. The Bertz CT molecular complexity index is 616. The number of benzene rings is 1. The maximum atomic E-state index is 11.8. The fraction of sp³-hybridized carbons (Fsp3) is 0.562. The minimum atomic E-state index is -3.04. The van der Waals surface area contributed by atoms with Crippen LogP contribution < -0.4 is 5.32 Å². The third kappa shape index (κ3) is 5.21. The standard InChI is InChI=1S/C16H26N4O2S/c1-3-17-16(19(2)14-15-8-5-4-6-9-15)18-10-12-20-11-7-13-23(20,21)22/h4-6,8-9H,3,7,10-14H2,1-2H3,(H,17,18). The van der Waals surface area contributed by atoms with Gasteiger partial charge >= 0.3 is 0 Å². The van der Waals surface area contributed by atoms with Crippen molar-refractivity contribution in [2.24, 2.45) is 4.99 Å². The van der Waals surface area contributed by atoms with Crippen LogP contribution in [0.5, 0.6) is 0 Å². The van der Waals surface area contributed by atoms with Gasteiger partial charge in [0.15, 0.2) is 5.96 Å². The van der Waals surface area contributed by atoms with Gasteiger partial charge in [-0.05, 0) is 18.9 Å². The van der Waals surface area contributed by atoms with Crippen molar-refractivity contribution < 1.29 is 8.42 Å². The Balaban J connectivity index is 1.94. The predicted octanol–water partition coefficient (Wildman–Crippen LogP) is 1.12. The minimum absolute atomic E-state index is 0.269. The molecule has 6 nitrogen and oxygen atoms in total. The zero-order valence-electron chi connectivity index (χ0n) is 13.9. The van der Waals surface area contributed by atoms with Crippen LogP contribution in [-0.4, -0.2) is 62.6 Å². The lowest BCUT2D eigenvalue weighted by Crippen LogP contribution is -2.39. The third-order valence-electron chi connectivity index (χ3n) is 3.77. The molecule has 1 aromatic carbocycles. The molecule has 0 spiro atoms. The quantitative estimate of drug-likeness (QED) is 0.624. The number of nitrogens with zero attached hydrogens (tertiary/aromatic N) is 3. The molecule has 0 atom stereocenters. The Kier molecular flexibility index (Phi) is 6.41. The monoisotopic (exact) mass is 338 g/mol. The van der Waals surface area contributed by atoms with Gasteiger partial charge in [0.1, 0.15) is 0 Å². The summed E-state index contributed by atoms with van der Waals surface area (Å²) in [5, 5.41) is 3.26. The maximum absolute atomic E-state index is 11.8. The Hall–Kier alpha value is -1.60. The van der Waals surface area contributed by atoms with E-state index in [1.54, 1.807) is 0 Å². The molecule has 0 aliphatic carbocycles. The van der Waals surface area contributed by atoms with E-state index in [4.69, 9.17) is 0 Å². The number of aliphatic imine (C=N–C) groups is 1. The molecule has 0 unspecified atom stereocenters. The number of nitrogens with one attached hydrogen (secondary N) is 1. The van der Waals surface area contributed by atoms with Gasteiger partial charge in [0, 0.05) is 33.2 Å². The average molecular weight is 338 g/mol. The van der Waals surface area contributed by atoms with E-state index >= 15 is 0 Å². The van der Waals surface area contributed by atoms with Gasteiger partial charge in [-0.3, -0.25) is 4.99 Å². The van der Waals surface area contributed by atoms with E-state index in [1.807, 2.05) is 32.2 Å². The summed E-state index contributed by atoms with van der Waals surface area (Å²) in [5.41, 5.74) is 1.21. The van der Waals surface area contributed by atoms with Crippen molar-refractivity contribution in [2.75, 3.05) is 39.0 Å². The molecule has 128 valence electrons. The predicted molar refractivity (Wildman–Crippen MR) is 93.9 cm³/mol. The summed E-state index contributed by atoms with van der Waals surface area (Å²) in [5.74, 6) is 1.07. The molecule has 0 aromatic heterocycles. The Morgan fingerprint density at radius 1 is 1.35 bits per heavy atom. The fourth-order valence-corrected chi connectivity index (χ4v) is 4.13. The van der Waals surface area contributed by atoms with Crippen molar-refractivity contribution in [2.45, 2.75) is 19.9 Å². The molecule has 1 aliphatic rings. The first-order valence-electron chi connectivity index (χ1n) is 8.04. The zero-order chi connectivity index (χ0) is 16.7. The zero-order valence-corrected chi connectivity index (χ0v) is 14.7. The van der Waals surface area contributed by atoms with Crippen LogP contribution >= 0.6 is 0 Å². The highest BCUT2D eigenvalue weighted by atomic mass is 32.2. The molecule has 7 heteroatoms. The minimum Gasteiger partial charge on any atom is -0.357 e. The molecule has 1 aliphatic heterocycles. The van der Waals surface area contributed by atoms with E-state index in [1.165, 1.54) is 9.87 Å². The van der Waals surface area contributed by atoms with Crippen molar-refractivity contribution in [1.29, 1.82) is 0 Å². The second-order valence-corrected chi connectivity index (χ2v) is 7.73. The first-order chi connectivity index (χ1) is 11.0. The van der Waals surface area contributed by atoms with Crippen LogP contribution in [0.15, 0.2) is 35.3 Å². The molecule has 0 amide bonds. The maximum Gasteiger partial charge on any atom is 0.214 e. The lowest BCUT2D eigenvalue weighted by molar-refractivity contribution is 0.445. The van der Waals surface area contributed by atoms with Crippen LogP contribution in [0.3, 0.4) is 0 Å². The Labute approximate surface area is 139 Å². The molecule has 23 heavy (non-hydrogen) atoms. The third-order valence-corrected chi connectivity index (χ3v) is 5.73. The molecular formula is C16H26N4O2S. The SMILES string of the molecule is CCNC(=NCCN1CCCS1(=O)=O)N(C)Cc1ccccc1. The van der Waals surface area contributed by atoms with E-state index in [0.29, 0.717) is 19.6 Å². The molecule has 0 radical (unpaired) electrons. The summed E-state index contributed by atoms with van der Waals surface area (Å²) in [4.78, 5) is 6.62. The van der Waals surface area contributed by atoms with Crippen LogP contribution in [-0.2, 0) is 16.6 Å². The van der Waals surface area contributed by atoms with E-state index in [2.05, 4.69) is 27.3 Å². The first-order valence-corrected chi connectivity index (χ1v) is 9.65. The van der Waals surface area contributed by atoms with Crippen LogP contribution in [0, 0.1) is 0 Å². The van der Waals surface area contributed by atoms with E-state index in [-0.39, 0.29) is 5.75 Å². The van der Waals surface area contributed by atoms with Crippen LogP contribution in [0.1, 0.15) is 18.9 Å². The molecule has 1 aromatic rings. The van der Waals surface area contributed by atoms with Gasteiger partial charge in [-0.2, -0.15) is 0 Å². The van der Waals surface area contributed by atoms with E-state index < -0.39 is 10.0 Å². The van der Waals surface area contributed by atoms with Crippen LogP contribution in [0.25, 0.3) is 0 Å². The molecular weight excluding hydrogens is 312 g/mol. The average Bonchev–Trinajstić information content (AvgIpc) is 2.86. The van der Waals surface area contributed by atoms with Gasteiger partial charge in [0.25, 0.3) is 0 Å². The van der Waals surface area contributed by atoms with Gasteiger partial charge in [-0.1, -0.05) is 30.3 Å². The Morgan fingerprint density at radius 2 is 2.09 bits per heavy atom. The topological polar surface area (TPSA) is 65.0 Å². The highest BCUT2D eigenvalue weighted by Gasteiger charge is 2.27. The fourth-order valence-electron chi connectivity index (χ4n) is 2.61. The highest BCUT2D eigenvalue weighted by Crippen LogP contribution is 2.12. The van der Waals surface area contributed by atoms with Gasteiger partial charge in [-0.15, -0.1) is 0 Å². The molecule has 2 rings (SSSR count). The van der Waals surface area contributed by atoms with Crippen molar-refractivity contribution in [3.63, 3.8) is 0 Å². The van der Waals surface area contributed by atoms with Gasteiger partial charge in [0.05, 0.1) is 12.3 Å². The first kappa shape index (κ1) is 17.7. The molecule has 1 heterocycles. The number of sulfonamides is 1. The van der Waals surface area contributed by atoms with Crippen molar-refractivity contribution >= 4 is 16.0 Å². The van der Waals surface area contributed by atoms with Gasteiger partial charge < -0.3 is 10.2 Å². The number of guanidine groups is 1.